The zero-order valence-electron chi connectivity index (χ0n) is 11.5. The molecule has 0 saturated heterocycles. The minimum absolute atomic E-state index is 0.185. The molecule has 0 saturated carbocycles. The molecular formula is C15H19N3O2. The second kappa shape index (κ2) is 6.96. The second-order valence-corrected chi connectivity index (χ2v) is 4.93. The van der Waals surface area contributed by atoms with Crippen LogP contribution in [0.1, 0.15) is 30.3 Å². The molecule has 2 N–H and O–H groups in total. The van der Waals surface area contributed by atoms with Crippen LogP contribution in [0.5, 0.6) is 0 Å². The summed E-state index contributed by atoms with van der Waals surface area (Å²) in [6, 6.07) is 7.45. The van der Waals surface area contributed by atoms with E-state index < -0.39 is 0 Å². The SMILES string of the molecule is CC(CO)CCCNC(=O)c1cnc2ccccc2n1. The fraction of sp³-hybridized carbons (Fsp3) is 0.400. The Morgan fingerprint density at radius 3 is 2.85 bits per heavy atom. The Morgan fingerprint density at radius 2 is 2.10 bits per heavy atom. The van der Waals surface area contributed by atoms with E-state index in [1.165, 1.54) is 6.20 Å². The van der Waals surface area contributed by atoms with Crippen molar-refractivity contribution in [3.8, 4) is 0 Å². The fourth-order valence-electron chi connectivity index (χ4n) is 1.90. The topological polar surface area (TPSA) is 75.1 Å². The third-order valence-electron chi connectivity index (χ3n) is 3.15. The van der Waals surface area contributed by atoms with E-state index in [1.807, 2.05) is 31.2 Å². The number of aliphatic hydroxyl groups excluding tert-OH is 1. The molecule has 0 aliphatic carbocycles. The van der Waals surface area contributed by atoms with Crippen LogP contribution in [0.3, 0.4) is 0 Å². The Balaban J connectivity index is 1.91. The molecule has 106 valence electrons. The van der Waals surface area contributed by atoms with Crippen LogP contribution in [0, 0.1) is 5.92 Å². The third kappa shape index (κ3) is 3.74. The van der Waals surface area contributed by atoms with Gasteiger partial charge in [-0.1, -0.05) is 19.1 Å². The van der Waals surface area contributed by atoms with E-state index in [2.05, 4.69) is 15.3 Å². The number of rotatable bonds is 6. The molecule has 1 heterocycles. The van der Waals surface area contributed by atoms with E-state index in [-0.39, 0.29) is 18.4 Å². The molecule has 1 aromatic heterocycles. The van der Waals surface area contributed by atoms with E-state index in [0.717, 1.165) is 18.4 Å². The van der Waals surface area contributed by atoms with Crippen LogP contribution in [0.25, 0.3) is 11.0 Å². The Hall–Kier alpha value is -2.01. The van der Waals surface area contributed by atoms with Gasteiger partial charge in [0.15, 0.2) is 0 Å². The van der Waals surface area contributed by atoms with Crippen molar-refractivity contribution in [2.75, 3.05) is 13.2 Å². The lowest BCUT2D eigenvalue weighted by Gasteiger charge is -2.08. The Morgan fingerprint density at radius 1 is 1.35 bits per heavy atom. The van der Waals surface area contributed by atoms with Crippen molar-refractivity contribution in [1.29, 1.82) is 0 Å². The van der Waals surface area contributed by atoms with Crippen LogP contribution < -0.4 is 5.32 Å². The molecule has 0 bridgehead atoms. The quantitative estimate of drug-likeness (QED) is 0.787. The summed E-state index contributed by atoms with van der Waals surface area (Å²) in [4.78, 5) is 20.4. The summed E-state index contributed by atoms with van der Waals surface area (Å²) >= 11 is 0. The van der Waals surface area contributed by atoms with Crippen molar-refractivity contribution in [3.63, 3.8) is 0 Å². The molecule has 0 aliphatic rings. The van der Waals surface area contributed by atoms with E-state index in [0.29, 0.717) is 17.8 Å². The summed E-state index contributed by atoms with van der Waals surface area (Å²) in [6.45, 7) is 2.75. The normalized spacial score (nSPS) is 12.3. The van der Waals surface area contributed by atoms with E-state index in [1.54, 1.807) is 0 Å². The number of benzene rings is 1. The van der Waals surface area contributed by atoms with Crippen LogP contribution in [-0.4, -0.2) is 34.1 Å². The number of carbonyl (C=O) groups is 1. The van der Waals surface area contributed by atoms with Crippen LogP contribution >= 0.6 is 0 Å². The van der Waals surface area contributed by atoms with Crippen molar-refractivity contribution in [1.82, 2.24) is 15.3 Å². The first-order valence-electron chi connectivity index (χ1n) is 6.81. The van der Waals surface area contributed by atoms with E-state index in [4.69, 9.17) is 5.11 Å². The van der Waals surface area contributed by atoms with Gasteiger partial charge < -0.3 is 10.4 Å². The first-order chi connectivity index (χ1) is 9.70. The zero-order valence-corrected chi connectivity index (χ0v) is 11.5. The molecule has 1 atom stereocenters. The predicted molar refractivity (Wildman–Crippen MR) is 77.4 cm³/mol. The molecule has 2 rings (SSSR count). The Kier molecular flexibility index (Phi) is 5.01. The van der Waals surface area contributed by atoms with E-state index >= 15 is 0 Å². The monoisotopic (exact) mass is 273 g/mol. The molecule has 1 aromatic carbocycles. The molecule has 0 aliphatic heterocycles. The number of carbonyl (C=O) groups excluding carboxylic acids is 1. The number of fused-ring (bicyclic) bond motifs is 1. The molecule has 0 fully saturated rings. The van der Waals surface area contributed by atoms with Crippen molar-refractivity contribution in [2.45, 2.75) is 19.8 Å². The van der Waals surface area contributed by atoms with Crippen LogP contribution in [0.2, 0.25) is 0 Å². The molecule has 1 amide bonds. The average molecular weight is 273 g/mol. The molecule has 0 spiro atoms. The highest BCUT2D eigenvalue weighted by atomic mass is 16.3. The number of hydrogen-bond donors (Lipinski definition) is 2. The average Bonchev–Trinajstić information content (AvgIpc) is 2.50. The predicted octanol–water partition coefficient (Wildman–Crippen LogP) is 1.77. The maximum absolute atomic E-state index is 11.9. The highest BCUT2D eigenvalue weighted by Gasteiger charge is 2.08. The minimum Gasteiger partial charge on any atom is -0.396 e. The molecule has 5 heteroatoms. The largest absolute Gasteiger partial charge is 0.396 e. The van der Waals surface area contributed by atoms with Crippen molar-refractivity contribution < 1.29 is 9.90 Å². The fourth-order valence-corrected chi connectivity index (χ4v) is 1.90. The smallest absolute Gasteiger partial charge is 0.271 e. The minimum atomic E-state index is -0.208. The van der Waals surface area contributed by atoms with Gasteiger partial charge in [0.25, 0.3) is 5.91 Å². The van der Waals surface area contributed by atoms with E-state index in [9.17, 15) is 4.79 Å². The van der Waals surface area contributed by atoms with Gasteiger partial charge in [-0.25, -0.2) is 4.98 Å². The van der Waals surface area contributed by atoms with Crippen molar-refractivity contribution >= 4 is 16.9 Å². The first-order valence-corrected chi connectivity index (χ1v) is 6.81. The lowest BCUT2D eigenvalue weighted by Crippen LogP contribution is -2.26. The van der Waals surface area contributed by atoms with Crippen molar-refractivity contribution in [3.05, 3.63) is 36.2 Å². The first kappa shape index (κ1) is 14.4. The van der Waals surface area contributed by atoms with Crippen LogP contribution in [0.4, 0.5) is 0 Å². The zero-order chi connectivity index (χ0) is 14.4. The van der Waals surface area contributed by atoms with Crippen LogP contribution in [-0.2, 0) is 0 Å². The summed E-state index contributed by atoms with van der Waals surface area (Å²) in [5, 5.41) is 11.7. The summed E-state index contributed by atoms with van der Waals surface area (Å²) in [7, 11) is 0. The standard InChI is InChI=1S/C15H19N3O2/c1-11(10-19)5-4-8-16-15(20)14-9-17-12-6-2-3-7-13(12)18-14/h2-3,6-7,9,11,19H,4-5,8,10H2,1H3,(H,16,20). The Bertz CT molecular complexity index is 586. The number of aromatic nitrogens is 2. The van der Waals surface area contributed by atoms with Gasteiger partial charge in [0.2, 0.25) is 0 Å². The highest BCUT2D eigenvalue weighted by molar-refractivity contribution is 5.93. The van der Waals surface area contributed by atoms with Gasteiger partial charge in [-0.15, -0.1) is 0 Å². The lowest BCUT2D eigenvalue weighted by molar-refractivity contribution is 0.0947. The molecular weight excluding hydrogens is 254 g/mol. The lowest BCUT2D eigenvalue weighted by atomic mass is 10.1. The number of para-hydroxylation sites is 2. The number of hydrogen-bond acceptors (Lipinski definition) is 4. The van der Waals surface area contributed by atoms with Crippen molar-refractivity contribution in [2.24, 2.45) is 5.92 Å². The van der Waals surface area contributed by atoms with Gasteiger partial charge in [0.1, 0.15) is 5.69 Å². The number of nitrogens with one attached hydrogen (secondary N) is 1. The molecule has 20 heavy (non-hydrogen) atoms. The maximum Gasteiger partial charge on any atom is 0.271 e. The number of aliphatic hydroxyl groups is 1. The van der Waals surface area contributed by atoms with Crippen LogP contribution in [0.15, 0.2) is 30.5 Å². The maximum atomic E-state index is 11.9. The highest BCUT2D eigenvalue weighted by Crippen LogP contribution is 2.08. The second-order valence-electron chi connectivity index (χ2n) is 4.93. The molecule has 1 unspecified atom stereocenters. The summed E-state index contributed by atoms with van der Waals surface area (Å²) in [5.74, 6) is 0.0623. The van der Waals surface area contributed by atoms with Gasteiger partial charge in [0, 0.05) is 13.2 Å². The number of nitrogens with zero attached hydrogens (tertiary/aromatic N) is 2. The van der Waals surface area contributed by atoms with Gasteiger partial charge in [-0.3, -0.25) is 9.78 Å². The summed E-state index contributed by atoms with van der Waals surface area (Å²) in [6.07, 6.45) is 3.22. The van der Waals surface area contributed by atoms with Gasteiger partial charge >= 0.3 is 0 Å². The molecule has 5 nitrogen and oxygen atoms in total. The van der Waals surface area contributed by atoms with Gasteiger partial charge in [-0.2, -0.15) is 0 Å². The number of amides is 1. The van der Waals surface area contributed by atoms with Gasteiger partial charge in [-0.05, 0) is 30.9 Å². The summed E-state index contributed by atoms with van der Waals surface area (Å²) < 4.78 is 0. The van der Waals surface area contributed by atoms with Gasteiger partial charge in [0.05, 0.1) is 17.2 Å². The third-order valence-corrected chi connectivity index (χ3v) is 3.15. The molecule has 2 aromatic rings. The molecule has 0 radical (unpaired) electrons. The Labute approximate surface area is 118 Å². The summed E-state index contributed by atoms with van der Waals surface area (Å²) in [5.41, 5.74) is 1.83.